The number of carbonyl (C=O) groups excluding carboxylic acids is 1. The maximum Gasteiger partial charge on any atom is 0.319 e. The molecule has 0 heterocycles. The molecule has 0 radical (unpaired) electrons. The molecule has 0 atom stereocenters. The Balaban J connectivity index is 1.75. The highest BCUT2D eigenvalue weighted by molar-refractivity contribution is 6.43. The fraction of sp³-hybridized carbons (Fsp3) is 0.188. The molecule has 2 aromatic rings. The molecule has 2 amide bonds. The third-order valence-corrected chi connectivity index (χ3v) is 3.66. The van der Waals surface area contributed by atoms with Crippen molar-refractivity contribution in [1.82, 2.24) is 5.32 Å². The van der Waals surface area contributed by atoms with Gasteiger partial charge in [0, 0.05) is 0 Å². The fourth-order valence-electron chi connectivity index (χ4n) is 1.81. The topological polar surface area (TPSA) is 50.4 Å². The molecule has 116 valence electrons. The number of urea groups is 1. The molecule has 6 heteroatoms. The number of ether oxygens (including phenoxy) is 1. The van der Waals surface area contributed by atoms with Crippen molar-refractivity contribution in [2.45, 2.75) is 6.92 Å². The summed E-state index contributed by atoms with van der Waals surface area (Å²) in [6, 6.07) is 12.4. The summed E-state index contributed by atoms with van der Waals surface area (Å²) in [5.74, 6) is 0.778. The average Bonchev–Trinajstić information content (AvgIpc) is 2.49. The first-order chi connectivity index (χ1) is 10.6. The molecule has 0 aromatic heterocycles. The highest BCUT2D eigenvalue weighted by Crippen LogP contribution is 2.29. The van der Waals surface area contributed by atoms with Crippen molar-refractivity contribution in [2.75, 3.05) is 18.5 Å². The molecule has 2 rings (SSSR count). The molecule has 0 bridgehead atoms. The van der Waals surface area contributed by atoms with E-state index in [0.717, 1.165) is 11.3 Å². The van der Waals surface area contributed by atoms with Gasteiger partial charge < -0.3 is 15.4 Å². The van der Waals surface area contributed by atoms with Gasteiger partial charge in [0.05, 0.1) is 22.3 Å². The number of hydrogen-bond donors (Lipinski definition) is 2. The van der Waals surface area contributed by atoms with Crippen LogP contribution in [0.3, 0.4) is 0 Å². The quantitative estimate of drug-likeness (QED) is 0.788. The standard InChI is InChI=1S/C16H16Cl2N2O2/c1-11-4-2-5-12(10-11)22-9-8-19-16(21)20-14-7-3-6-13(17)15(14)18/h2-7,10H,8-9H2,1H3,(H2,19,20,21). The van der Waals surface area contributed by atoms with E-state index in [0.29, 0.717) is 28.9 Å². The van der Waals surface area contributed by atoms with Crippen LogP contribution in [0.1, 0.15) is 5.56 Å². The van der Waals surface area contributed by atoms with E-state index in [1.807, 2.05) is 31.2 Å². The monoisotopic (exact) mass is 338 g/mol. The molecule has 0 unspecified atom stereocenters. The minimum absolute atomic E-state index is 0.315. The summed E-state index contributed by atoms with van der Waals surface area (Å²) in [4.78, 5) is 11.8. The summed E-state index contributed by atoms with van der Waals surface area (Å²) in [5.41, 5.74) is 1.59. The van der Waals surface area contributed by atoms with E-state index < -0.39 is 0 Å². The Bertz CT molecular complexity index is 662. The van der Waals surface area contributed by atoms with Crippen molar-refractivity contribution < 1.29 is 9.53 Å². The summed E-state index contributed by atoms with van der Waals surface area (Å²) < 4.78 is 5.54. The minimum atomic E-state index is -0.364. The molecule has 0 saturated heterocycles. The first kappa shape index (κ1) is 16.5. The van der Waals surface area contributed by atoms with Gasteiger partial charge in [0.2, 0.25) is 0 Å². The van der Waals surface area contributed by atoms with Crippen LogP contribution in [0.2, 0.25) is 10.0 Å². The predicted octanol–water partition coefficient (Wildman–Crippen LogP) is 4.50. The van der Waals surface area contributed by atoms with Crippen molar-refractivity contribution in [3.05, 3.63) is 58.1 Å². The molecule has 0 aliphatic heterocycles. The molecule has 22 heavy (non-hydrogen) atoms. The Hall–Kier alpha value is -1.91. The van der Waals surface area contributed by atoms with Crippen molar-refractivity contribution in [2.24, 2.45) is 0 Å². The van der Waals surface area contributed by atoms with E-state index in [1.54, 1.807) is 18.2 Å². The highest BCUT2D eigenvalue weighted by atomic mass is 35.5. The van der Waals surface area contributed by atoms with Crippen LogP contribution < -0.4 is 15.4 Å². The van der Waals surface area contributed by atoms with Gasteiger partial charge in [-0.15, -0.1) is 0 Å². The van der Waals surface area contributed by atoms with Crippen LogP contribution in [0.25, 0.3) is 0 Å². The number of anilines is 1. The zero-order valence-corrected chi connectivity index (χ0v) is 13.5. The van der Waals surface area contributed by atoms with Crippen LogP contribution in [-0.2, 0) is 0 Å². The minimum Gasteiger partial charge on any atom is -0.492 e. The number of nitrogens with one attached hydrogen (secondary N) is 2. The number of benzene rings is 2. The van der Waals surface area contributed by atoms with E-state index >= 15 is 0 Å². The Morgan fingerprint density at radius 2 is 1.95 bits per heavy atom. The fourth-order valence-corrected chi connectivity index (χ4v) is 2.15. The first-order valence-electron chi connectivity index (χ1n) is 6.74. The van der Waals surface area contributed by atoms with Crippen LogP contribution >= 0.6 is 23.2 Å². The number of hydrogen-bond acceptors (Lipinski definition) is 2. The lowest BCUT2D eigenvalue weighted by atomic mass is 10.2. The normalized spacial score (nSPS) is 10.1. The lowest BCUT2D eigenvalue weighted by Crippen LogP contribution is -2.32. The van der Waals surface area contributed by atoms with Crippen LogP contribution in [0.5, 0.6) is 5.75 Å². The predicted molar refractivity (Wildman–Crippen MR) is 90.2 cm³/mol. The van der Waals surface area contributed by atoms with Gasteiger partial charge in [-0.2, -0.15) is 0 Å². The Kier molecular flexibility index (Phi) is 5.92. The first-order valence-corrected chi connectivity index (χ1v) is 7.50. The molecule has 4 nitrogen and oxygen atoms in total. The average molecular weight is 339 g/mol. The zero-order valence-electron chi connectivity index (χ0n) is 12.0. The molecule has 0 saturated carbocycles. The van der Waals surface area contributed by atoms with Crippen molar-refractivity contribution >= 4 is 34.9 Å². The van der Waals surface area contributed by atoms with Gasteiger partial charge in [0.15, 0.2) is 0 Å². The van der Waals surface area contributed by atoms with Crippen LogP contribution in [0.4, 0.5) is 10.5 Å². The van der Waals surface area contributed by atoms with Gasteiger partial charge in [-0.3, -0.25) is 0 Å². The van der Waals surface area contributed by atoms with E-state index in [4.69, 9.17) is 27.9 Å². The number of aryl methyl sites for hydroxylation is 1. The molecular formula is C16H16Cl2N2O2. The zero-order chi connectivity index (χ0) is 15.9. The van der Waals surface area contributed by atoms with Gasteiger partial charge in [-0.25, -0.2) is 4.79 Å². The van der Waals surface area contributed by atoms with Gasteiger partial charge >= 0.3 is 6.03 Å². The second-order valence-corrected chi connectivity index (χ2v) is 5.43. The van der Waals surface area contributed by atoms with E-state index in [2.05, 4.69) is 10.6 Å². The Morgan fingerprint density at radius 1 is 1.18 bits per heavy atom. The maximum atomic E-state index is 11.8. The van der Waals surface area contributed by atoms with Crippen LogP contribution in [-0.4, -0.2) is 19.2 Å². The molecule has 0 aliphatic rings. The maximum absolute atomic E-state index is 11.8. The van der Waals surface area contributed by atoms with Gasteiger partial charge in [0.1, 0.15) is 12.4 Å². The summed E-state index contributed by atoms with van der Waals surface area (Å²) in [6.45, 7) is 2.74. The van der Waals surface area contributed by atoms with Crippen molar-refractivity contribution in [3.63, 3.8) is 0 Å². The van der Waals surface area contributed by atoms with Crippen LogP contribution in [0.15, 0.2) is 42.5 Å². The second-order valence-electron chi connectivity index (χ2n) is 4.65. The summed E-state index contributed by atoms with van der Waals surface area (Å²) >= 11 is 11.9. The molecule has 0 aliphatic carbocycles. The number of amides is 2. The third kappa shape index (κ3) is 4.83. The Morgan fingerprint density at radius 3 is 2.73 bits per heavy atom. The van der Waals surface area contributed by atoms with Gasteiger partial charge in [-0.1, -0.05) is 41.4 Å². The third-order valence-electron chi connectivity index (χ3n) is 2.85. The Labute approximate surface area is 139 Å². The van der Waals surface area contributed by atoms with E-state index in [1.165, 1.54) is 0 Å². The number of carbonyl (C=O) groups is 1. The molecule has 2 aromatic carbocycles. The lowest BCUT2D eigenvalue weighted by molar-refractivity contribution is 0.247. The molecular weight excluding hydrogens is 323 g/mol. The summed E-state index contributed by atoms with van der Waals surface area (Å²) in [5, 5.41) is 6.03. The largest absolute Gasteiger partial charge is 0.492 e. The smallest absolute Gasteiger partial charge is 0.319 e. The van der Waals surface area contributed by atoms with Gasteiger partial charge in [-0.05, 0) is 36.8 Å². The molecule has 0 spiro atoms. The SMILES string of the molecule is Cc1cccc(OCCNC(=O)Nc2cccc(Cl)c2Cl)c1. The van der Waals surface area contributed by atoms with Crippen LogP contribution in [0, 0.1) is 6.92 Å². The lowest BCUT2D eigenvalue weighted by Gasteiger charge is -2.10. The van der Waals surface area contributed by atoms with E-state index in [9.17, 15) is 4.79 Å². The molecule has 0 fully saturated rings. The van der Waals surface area contributed by atoms with E-state index in [-0.39, 0.29) is 6.03 Å². The van der Waals surface area contributed by atoms with Crippen molar-refractivity contribution in [1.29, 1.82) is 0 Å². The molecule has 2 N–H and O–H groups in total. The second kappa shape index (κ2) is 7.92. The highest BCUT2D eigenvalue weighted by Gasteiger charge is 2.07. The number of halogens is 2. The summed E-state index contributed by atoms with van der Waals surface area (Å²) in [7, 11) is 0. The summed E-state index contributed by atoms with van der Waals surface area (Å²) in [6.07, 6.45) is 0. The van der Waals surface area contributed by atoms with Crippen molar-refractivity contribution in [3.8, 4) is 5.75 Å². The van der Waals surface area contributed by atoms with Gasteiger partial charge in [0.25, 0.3) is 0 Å². The number of rotatable bonds is 5.